The smallest absolute Gasteiger partial charge is 0.233 e. The maximum atomic E-state index is 13.7. The van der Waals surface area contributed by atoms with Crippen LogP contribution in [-0.4, -0.2) is 28.9 Å². The number of halogens is 1. The van der Waals surface area contributed by atoms with E-state index < -0.39 is 12.0 Å². The SMILES string of the molecule is CC(C(=O)N(C)C(C)c1ccccc1F)C(N)=NO. The summed E-state index contributed by atoms with van der Waals surface area (Å²) in [5.41, 5.74) is 5.82. The second-order valence-corrected chi connectivity index (χ2v) is 4.39. The molecule has 104 valence electrons. The van der Waals surface area contributed by atoms with E-state index in [9.17, 15) is 9.18 Å². The molecule has 0 aliphatic rings. The third-order valence-electron chi connectivity index (χ3n) is 3.21. The molecule has 5 nitrogen and oxygen atoms in total. The average molecular weight is 267 g/mol. The highest BCUT2D eigenvalue weighted by Gasteiger charge is 2.26. The first kappa shape index (κ1) is 14.9. The van der Waals surface area contributed by atoms with Gasteiger partial charge in [-0.2, -0.15) is 0 Å². The second kappa shape index (κ2) is 6.17. The summed E-state index contributed by atoms with van der Waals surface area (Å²) < 4.78 is 13.7. The van der Waals surface area contributed by atoms with Crippen LogP contribution in [0.15, 0.2) is 29.4 Å². The minimum atomic E-state index is -0.760. The van der Waals surface area contributed by atoms with Gasteiger partial charge in [0.05, 0.1) is 12.0 Å². The van der Waals surface area contributed by atoms with Crippen molar-refractivity contribution in [3.63, 3.8) is 0 Å². The van der Waals surface area contributed by atoms with Crippen LogP contribution >= 0.6 is 0 Å². The van der Waals surface area contributed by atoms with Gasteiger partial charge in [-0.1, -0.05) is 23.4 Å². The second-order valence-electron chi connectivity index (χ2n) is 4.39. The number of hydrogen-bond acceptors (Lipinski definition) is 3. The maximum absolute atomic E-state index is 13.7. The number of carbonyl (C=O) groups is 1. The first-order valence-corrected chi connectivity index (χ1v) is 5.88. The van der Waals surface area contributed by atoms with E-state index in [4.69, 9.17) is 10.9 Å². The van der Waals surface area contributed by atoms with Gasteiger partial charge >= 0.3 is 0 Å². The van der Waals surface area contributed by atoms with E-state index in [1.165, 1.54) is 17.9 Å². The van der Waals surface area contributed by atoms with Crippen LogP contribution < -0.4 is 5.73 Å². The first-order valence-electron chi connectivity index (χ1n) is 5.88. The van der Waals surface area contributed by atoms with Crippen LogP contribution in [0.2, 0.25) is 0 Å². The van der Waals surface area contributed by atoms with E-state index in [0.717, 1.165) is 0 Å². The van der Waals surface area contributed by atoms with Crippen LogP contribution in [0.5, 0.6) is 0 Å². The van der Waals surface area contributed by atoms with Crippen LogP contribution in [0.3, 0.4) is 0 Å². The van der Waals surface area contributed by atoms with Crippen molar-refractivity contribution in [1.29, 1.82) is 0 Å². The summed E-state index contributed by atoms with van der Waals surface area (Å²) in [7, 11) is 1.56. The number of rotatable bonds is 4. The molecule has 0 aromatic heterocycles. The fraction of sp³-hybridized carbons (Fsp3) is 0.385. The summed E-state index contributed by atoms with van der Waals surface area (Å²) in [5.74, 6) is -1.64. The van der Waals surface area contributed by atoms with Gasteiger partial charge in [-0.25, -0.2) is 4.39 Å². The standard InChI is InChI=1S/C13H18FN3O2/c1-8(12(15)16-19)13(18)17(3)9(2)10-6-4-5-7-11(10)14/h4-9,19H,1-3H3,(H2,15,16). The number of nitrogens with zero attached hydrogens (tertiary/aromatic N) is 2. The van der Waals surface area contributed by atoms with Gasteiger partial charge in [-0.15, -0.1) is 0 Å². The Morgan fingerprint density at radius 2 is 2.00 bits per heavy atom. The molecule has 2 unspecified atom stereocenters. The van der Waals surface area contributed by atoms with Gasteiger partial charge in [0, 0.05) is 12.6 Å². The predicted molar refractivity (Wildman–Crippen MR) is 70.2 cm³/mol. The highest BCUT2D eigenvalue weighted by atomic mass is 19.1. The van der Waals surface area contributed by atoms with Crippen molar-refractivity contribution in [3.05, 3.63) is 35.6 Å². The molecular formula is C13H18FN3O2. The Morgan fingerprint density at radius 3 is 2.53 bits per heavy atom. The monoisotopic (exact) mass is 267 g/mol. The summed E-state index contributed by atoms with van der Waals surface area (Å²) in [5, 5.41) is 11.4. The summed E-state index contributed by atoms with van der Waals surface area (Å²) in [6.07, 6.45) is 0. The maximum Gasteiger partial charge on any atom is 0.233 e. The zero-order valence-corrected chi connectivity index (χ0v) is 11.2. The minimum absolute atomic E-state index is 0.169. The Kier molecular flexibility index (Phi) is 4.86. The lowest BCUT2D eigenvalue weighted by Crippen LogP contribution is -2.39. The Labute approximate surface area is 111 Å². The zero-order chi connectivity index (χ0) is 14.6. The number of oxime groups is 1. The number of hydrogen-bond donors (Lipinski definition) is 2. The summed E-state index contributed by atoms with van der Waals surface area (Å²) in [6.45, 7) is 3.25. The number of amidine groups is 1. The van der Waals surface area contributed by atoms with Gasteiger partial charge in [0.25, 0.3) is 0 Å². The van der Waals surface area contributed by atoms with E-state index in [1.807, 2.05) is 0 Å². The molecule has 0 bridgehead atoms. The van der Waals surface area contributed by atoms with Gasteiger partial charge in [0.2, 0.25) is 5.91 Å². The van der Waals surface area contributed by atoms with Crippen molar-refractivity contribution in [2.75, 3.05) is 7.05 Å². The molecule has 1 rings (SSSR count). The largest absolute Gasteiger partial charge is 0.409 e. The van der Waals surface area contributed by atoms with Crippen molar-refractivity contribution < 1.29 is 14.4 Å². The molecule has 1 aromatic rings. The van der Waals surface area contributed by atoms with Crippen LogP contribution in [-0.2, 0) is 4.79 Å². The van der Waals surface area contributed by atoms with Crippen molar-refractivity contribution in [2.45, 2.75) is 19.9 Å². The number of carbonyl (C=O) groups excluding carboxylic acids is 1. The summed E-state index contributed by atoms with van der Waals surface area (Å²) in [6, 6.07) is 5.82. The molecule has 6 heteroatoms. The lowest BCUT2D eigenvalue weighted by molar-refractivity contribution is -0.133. The predicted octanol–water partition coefficient (Wildman–Crippen LogP) is 1.73. The molecule has 0 fully saturated rings. The number of benzene rings is 1. The zero-order valence-electron chi connectivity index (χ0n) is 11.2. The van der Waals surface area contributed by atoms with E-state index in [2.05, 4.69) is 5.16 Å². The molecule has 0 radical (unpaired) electrons. The Morgan fingerprint density at radius 1 is 1.42 bits per heavy atom. The van der Waals surface area contributed by atoms with Crippen LogP contribution in [0, 0.1) is 11.7 Å². The average Bonchev–Trinajstić information content (AvgIpc) is 2.43. The molecule has 0 aliphatic heterocycles. The van der Waals surface area contributed by atoms with E-state index in [0.29, 0.717) is 5.56 Å². The number of nitrogens with two attached hydrogens (primary N) is 1. The summed E-state index contributed by atoms with van der Waals surface area (Å²) in [4.78, 5) is 13.5. The van der Waals surface area contributed by atoms with Gasteiger partial charge < -0.3 is 15.8 Å². The molecule has 0 heterocycles. The Bertz CT molecular complexity index is 491. The number of amides is 1. The van der Waals surface area contributed by atoms with Crippen LogP contribution in [0.25, 0.3) is 0 Å². The van der Waals surface area contributed by atoms with Gasteiger partial charge in [0.1, 0.15) is 5.82 Å². The third kappa shape index (κ3) is 3.21. The van der Waals surface area contributed by atoms with E-state index >= 15 is 0 Å². The van der Waals surface area contributed by atoms with Gasteiger partial charge in [-0.3, -0.25) is 4.79 Å². The highest BCUT2D eigenvalue weighted by Crippen LogP contribution is 2.22. The first-order chi connectivity index (χ1) is 8.90. The molecule has 0 saturated heterocycles. The van der Waals surface area contributed by atoms with Crippen molar-refractivity contribution in [3.8, 4) is 0 Å². The fourth-order valence-corrected chi connectivity index (χ4v) is 1.73. The molecule has 0 spiro atoms. The van der Waals surface area contributed by atoms with Crippen molar-refractivity contribution in [2.24, 2.45) is 16.8 Å². The molecule has 2 atom stereocenters. The topological polar surface area (TPSA) is 78.9 Å². The van der Waals surface area contributed by atoms with E-state index in [-0.39, 0.29) is 17.6 Å². The molecular weight excluding hydrogens is 249 g/mol. The molecule has 19 heavy (non-hydrogen) atoms. The normalized spacial score (nSPS) is 14.8. The quantitative estimate of drug-likeness (QED) is 0.377. The van der Waals surface area contributed by atoms with Gasteiger partial charge in [-0.05, 0) is 19.9 Å². The highest BCUT2D eigenvalue weighted by molar-refractivity contribution is 6.01. The van der Waals surface area contributed by atoms with E-state index in [1.54, 1.807) is 32.2 Å². The molecule has 3 N–H and O–H groups in total. The molecule has 1 aromatic carbocycles. The molecule has 0 aliphatic carbocycles. The van der Waals surface area contributed by atoms with Gasteiger partial charge in [0.15, 0.2) is 5.84 Å². The van der Waals surface area contributed by atoms with Crippen molar-refractivity contribution >= 4 is 11.7 Å². The Hall–Kier alpha value is -2.11. The molecule has 0 saturated carbocycles. The molecule has 1 amide bonds. The Balaban J connectivity index is 2.92. The fourth-order valence-electron chi connectivity index (χ4n) is 1.73. The summed E-state index contributed by atoms with van der Waals surface area (Å²) >= 11 is 0. The lowest BCUT2D eigenvalue weighted by Gasteiger charge is -2.27. The van der Waals surface area contributed by atoms with Crippen LogP contribution in [0.1, 0.15) is 25.5 Å². The minimum Gasteiger partial charge on any atom is -0.409 e. The van der Waals surface area contributed by atoms with Crippen molar-refractivity contribution in [1.82, 2.24) is 4.90 Å². The lowest BCUT2D eigenvalue weighted by atomic mass is 10.0. The third-order valence-corrected chi connectivity index (χ3v) is 3.21. The van der Waals surface area contributed by atoms with Crippen LogP contribution in [0.4, 0.5) is 4.39 Å².